The number of rotatable bonds is 6. The molecular formula is C22H20ClN3O3. The van der Waals surface area contributed by atoms with Crippen molar-refractivity contribution in [1.29, 1.82) is 0 Å². The van der Waals surface area contributed by atoms with Gasteiger partial charge in [0.25, 0.3) is 0 Å². The predicted molar refractivity (Wildman–Crippen MR) is 115 cm³/mol. The zero-order chi connectivity index (χ0) is 20.4. The van der Waals surface area contributed by atoms with Gasteiger partial charge in [0.2, 0.25) is 5.88 Å². The van der Waals surface area contributed by atoms with E-state index < -0.39 is 0 Å². The van der Waals surface area contributed by atoms with Crippen molar-refractivity contribution in [3.8, 4) is 17.4 Å². The highest BCUT2D eigenvalue weighted by molar-refractivity contribution is 6.31. The molecule has 0 aliphatic rings. The smallest absolute Gasteiger partial charge is 0.202 e. The van der Waals surface area contributed by atoms with E-state index in [9.17, 15) is 5.11 Å². The van der Waals surface area contributed by atoms with Gasteiger partial charge in [-0.05, 0) is 48.0 Å². The van der Waals surface area contributed by atoms with E-state index >= 15 is 0 Å². The van der Waals surface area contributed by atoms with E-state index in [-0.39, 0.29) is 5.88 Å². The van der Waals surface area contributed by atoms with E-state index in [1.165, 1.54) is 0 Å². The normalized spacial score (nSPS) is 10.9. The molecule has 2 aromatic heterocycles. The number of benzene rings is 2. The Bertz CT molecular complexity index is 1160. The van der Waals surface area contributed by atoms with E-state index in [1.54, 1.807) is 49.2 Å². The van der Waals surface area contributed by atoms with Crippen LogP contribution in [0.15, 0.2) is 60.8 Å². The quantitative estimate of drug-likeness (QED) is 0.458. The topological polar surface area (TPSA) is 68.5 Å². The standard InChI is InChI=1S/C22H20ClN3O3/c1-28-16-8-5-14(6-9-16)13-26-21(20-17(22(26)27)4-3-11-24-20)25-18-12-15(23)7-10-19(18)29-2/h3-12,25,27H,13H2,1-2H3. The summed E-state index contributed by atoms with van der Waals surface area (Å²) in [6, 6.07) is 16.7. The third kappa shape index (κ3) is 3.67. The molecule has 2 N–H and O–H groups in total. The monoisotopic (exact) mass is 409 g/mol. The Morgan fingerprint density at radius 3 is 2.59 bits per heavy atom. The van der Waals surface area contributed by atoms with Gasteiger partial charge in [-0.3, -0.25) is 9.55 Å². The Kier molecular flexibility index (Phi) is 5.18. The van der Waals surface area contributed by atoms with E-state index in [1.807, 2.05) is 30.3 Å². The number of pyridine rings is 1. The summed E-state index contributed by atoms with van der Waals surface area (Å²) in [5.41, 5.74) is 2.34. The number of methoxy groups -OCH3 is 2. The number of aromatic hydroxyl groups is 1. The minimum atomic E-state index is 0.132. The Morgan fingerprint density at radius 2 is 1.86 bits per heavy atom. The lowest BCUT2D eigenvalue weighted by Gasteiger charge is -2.15. The van der Waals surface area contributed by atoms with Crippen LogP contribution < -0.4 is 14.8 Å². The van der Waals surface area contributed by atoms with Crippen molar-refractivity contribution in [2.24, 2.45) is 0 Å². The maximum atomic E-state index is 10.9. The van der Waals surface area contributed by atoms with Crippen LogP contribution in [0, 0.1) is 0 Å². The first kappa shape index (κ1) is 19.0. The molecule has 2 heterocycles. The van der Waals surface area contributed by atoms with Gasteiger partial charge < -0.3 is 19.9 Å². The van der Waals surface area contributed by atoms with Crippen molar-refractivity contribution < 1.29 is 14.6 Å². The number of hydrogen-bond acceptors (Lipinski definition) is 5. The molecule has 7 heteroatoms. The largest absolute Gasteiger partial charge is 0.497 e. The van der Waals surface area contributed by atoms with E-state index in [4.69, 9.17) is 21.1 Å². The molecule has 4 rings (SSSR count). The van der Waals surface area contributed by atoms with Crippen molar-refractivity contribution in [2.75, 3.05) is 19.5 Å². The van der Waals surface area contributed by atoms with Gasteiger partial charge in [0.05, 0.1) is 31.8 Å². The van der Waals surface area contributed by atoms with Crippen LogP contribution in [0.3, 0.4) is 0 Å². The summed E-state index contributed by atoms with van der Waals surface area (Å²) in [6.45, 7) is 0.442. The highest BCUT2D eigenvalue weighted by atomic mass is 35.5. The van der Waals surface area contributed by atoms with E-state index in [0.717, 1.165) is 11.3 Å². The number of anilines is 2. The molecule has 29 heavy (non-hydrogen) atoms. The average molecular weight is 410 g/mol. The third-order valence-corrected chi connectivity index (χ3v) is 4.95. The molecule has 0 aliphatic heterocycles. The van der Waals surface area contributed by atoms with Crippen molar-refractivity contribution in [3.05, 3.63) is 71.4 Å². The first-order chi connectivity index (χ1) is 14.1. The Hall–Kier alpha value is -3.38. The molecule has 4 aromatic rings. The fourth-order valence-electron chi connectivity index (χ4n) is 3.25. The molecule has 0 radical (unpaired) electrons. The van der Waals surface area contributed by atoms with Crippen LogP contribution in [0.4, 0.5) is 11.5 Å². The van der Waals surface area contributed by atoms with Crippen LogP contribution in [0.25, 0.3) is 10.9 Å². The van der Waals surface area contributed by atoms with E-state index in [2.05, 4.69) is 10.3 Å². The summed E-state index contributed by atoms with van der Waals surface area (Å²) in [7, 11) is 3.23. The molecule has 0 amide bonds. The van der Waals surface area contributed by atoms with Gasteiger partial charge in [-0.1, -0.05) is 23.7 Å². The van der Waals surface area contributed by atoms with Crippen LogP contribution in [0.2, 0.25) is 5.02 Å². The molecular weight excluding hydrogens is 390 g/mol. The molecule has 0 saturated carbocycles. The SMILES string of the molecule is COc1ccc(Cn2c(O)c3cccnc3c2Nc2cc(Cl)ccc2OC)cc1. The Morgan fingerprint density at radius 1 is 1.07 bits per heavy atom. The first-order valence-corrected chi connectivity index (χ1v) is 9.38. The number of hydrogen-bond donors (Lipinski definition) is 2. The second-order valence-electron chi connectivity index (χ2n) is 6.48. The molecule has 0 spiro atoms. The van der Waals surface area contributed by atoms with Crippen molar-refractivity contribution in [3.63, 3.8) is 0 Å². The minimum Gasteiger partial charge on any atom is -0.497 e. The molecule has 0 unspecified atom stereocenters. The first-order valence-electron chi connectivity index (χ1n) is 9.00. The van der Waals surface area contributed by atoms with Gasteiger partial charge >= 0.3 is 0 Å². The lowest BCUT2D eigenvalue weighted by atomic mass is 10.2. The molecule has 0 atom stereocenters. The molecule has 0 aliphatic carbocycles. The number of halogens is 1. The fourth-order valence-corrected chi connectivity index (χ4v) is 3.43. The minimum absolute atomic E-state index is 0.132. The summed E-state index contributed by atoms with van der Waals surface area (Å²) >= 11 is 6.18. The van der Waals surface area contributed by atoms with Gasteiger partial charge in [-0.15, -0.1) is 0 Å². The summed E-state index contributed by atoms with van der Waals surface area (Å²) in [4.78, 5) is 4.47. The van der Waals surface area contributed by atoms with Crippen LogP contribution in [0.1, 0.15) is 5.56 Å². The van der Waals surface area contributed by atoms with Gasteiger partial charge in [-0.25, -0.2) is 0 Å². The van der Waals surface area contributed by atoms with Crippen molar-refractivity contribution in [2.45, 2.75) is 6.54 Å². The second kappa shape index (κ2) is 7.93. The zero-order valence-corrected chi connectivity index (χ0v) is 16.8. The average Bonchev–Trinajstić information content (AvgIpc) is 3.00. The summed E-state index contributed by atoms with van der Waals surface area (Å²) < 4.78 is 12.5. The van der Waals surface area contributed by atoms with Gasteiger partial charge in [-0.2, -0.15) is 0 Å². The van der Waals surface area contributed by atoms with Gasteiger partial charge in [0.15, 0.2) is 0 Å². The summed E-state index contributed by atoms with van der Waals surface area (Å²) in [6.07, 6.45) is 1.69. The lowest BCUT2D eigenvalue weighted by Crippen LogP contribution is -2.05. The van der Waals surface area contributed by atoms with E-state index in [0.29, 0.717) is 39.7 Å². The zero-order valence-electron chi connectivity index (χ0n) is 16.0. The summed E-state index contributed by atoms with van der Waals surface area (Å²) in [5.74, 6) is 2.19. The second-order valence-corrected chi connectivity index (χ2v) is 6.91. The maximum absolute atomic E-state index is 10.9. The number of ether oxygens (including phenoxy) is 2. The molecule has 2 aromatic carbocycles. The molecule has 148 valence electrons. The van der Waals surface area contributed by atoms with Crippen molar-refractivity contribution >= 4 is 34.0 Å². The molecule has 0 bridgehead atoms. The summed E-state index contributed by atoms with van der Waals surface area (Å²) in [5, 5.41) is 15.5. The number of fused-ring (bicyclic) bond motifs is 1. The fraction of sp³-hybridized carbons (Fsp3) is 0.136. The predicted octanol–water partition coefficient (Wildman–Crippen LogP) is 5.20. The van der Waals surface area contributed by atoms with Crippen LogP contribution in [-0.4, -0.2) is 28.9 Å². The van der Waals surface area contributed by atoms with Crippen molar-refractivity contribution in [1.82, 2.24) is 9.55 Å². The highest BCUT2D eigenvalue weighted by Crippen LogP contribution is 2.38. The number of nitrogens with zero attached hydrogens (tertiary/aromatic N) is 2. The Balaban J connectivity index is 1.82. The van der Waals surface area contributed by atoms with Crippen LogP contribution >= 0.6 is 11.6 Å². The number of nitrogens with one attached hydrogen (secondary N) is 1. The number of aromatic nitrogens is 2. The van der Waals surface area contributed by atoms with Gasteiger partial charge in [0, 0.05) is 11.2 Å². The van der Waals surface area contributed by atoms with Gasteiger partial charge in [0.1, 0.15) is 22.8 Å². The molecule has 6 nitrogen and oxygen atoms in total. The molecule has 0 fully saturated rings. The Labute approximate surface area is 173 Å². The van der Waals surface area contributed by atoms with Crippen LogP contribution in [-0.2, 0) is 6.54 Å². The maximum Gasteiger partial charge on any atom is 0.202 e. The molecule has 0 saturated heterocycles. The third-order valence-electron chi connectivity index (χ3n) is 4.71. The lowest BCUT2D eigenvalue weighted by molar-refractivity contribution is 0.414. The van der Waals surface area contributed by atoms with Crippen LogP contribution in [0.5, 0.6) is 17.4 Å². The highest BCUT2D eigenvalue weighted by Gasteiger charge is 2.19.